The number of hydrogen-bond acceptors (Lipinski definition) is 3. The largest absolute Gasteiger partial charge is 0.326 e. The van der Waals surface area contributed by atoms with Crippen LogP contribution in [-0.2, 0) is 6.54 Å². The van der Waals surface area contributed by atoms with Crippen molar-refractivity contribution < 1.29 is 0 Å². The third-order valence-corrected chi connectivity index (χ3v) is 2.75. The molecule has 3 heteroatoms. The van der Waals surface area contributed by atoms with Crippen molar-refractivity contribution in [3.8, 4) is 0 Å². The van der Waals surface area contributed by atoms with Gasteiger partial charge >= 0.3 is 0 Å². The van der Waals surface area contributed by atoms with Crippen molar-refractivity contribution in [2.24, 2.45) is 16.0 Å². The van der Waals surface area contributed by atoms with Crippen LogP contribution in [0.2, 0.25) is 0 Å². The minimum absolute atomic E-state index is 0.468. The Morgan fingerprint density at radius 3 is 2.61 bits per heavy atom. The van der Waals surface area contributed by atoms with Gasteiger partial charge in [-0.25, -0.2) is 0 Å². The topological polar surface area (TPSA) is 50.7 Å². The summed E-state index contributed by atoms with van der Waals surface area (Å²) in [6, 6.07) is 14.8. The Morgan fingerprint density at radius 2 is 1.83 bits per heavy atom. The van der Waals surface area contributed by atoms with E-state index in [0.29, 0.717) is 6.54 Å². The molecule has 2 aromatic carbocycles. The van der Waals surface area contributed by atoms with Crippen molar-refractivity contribution in [2.45, 2.75) is 20.4 Å². The fourth-order valence-electron chi connectivity index (χ4n) is 1.65. The first-order valence-corrected chi connectivity index (χ1v) is 5.89. The zero-order valence-electron chi connectivity index (χ0n) is 10.6. The second-order valence-electron chi connectivity index (χ2n) is 4.22. The lowest BCUT2D eigenvalue weighted by atomic mass is 10.1. The zero-order chi connectivity index (χ0) is 13.0. The summed E-state index contributed by atoms with van der Waals surface area (Å²) in [6.07, 6.45) is 0. The Labute approximate surface area is 107 Å². The average Bonchev–Trinajstić information content (AvgIpc) is 2.40. The van der Waals surface area contributed by atoms with Gasteiger partial charge in [-0.15, -0.1) is 0 Å². The zero-order valence-corrected chi connectivity index (χ0v) is 10.6. The van der Waals surface area contributed by atoms with Crippen molar-refractivity contribution in [1.29, 1.82) is 0 Å². The van der Waals surface area contributed by atoms with Crippen LogP contribution in [0.15, 0.2) is 46.6 Å². The Balaban J connectivity index is 2.33. The SMILES string of the molecule is Cc1[c]cc(C)c(N=Nc2ccccc2CN)c1. The van der Waals surface area contributed by atoms with Gasteiger partial charge in [-0.1, -0.05) is 18.2 Å². The highest BCUT2D eigenvalue weighted by molar-refractivity contribution is 5.49. The third kappa shape index (κ3) is 2.81. The molecule has 0 atom stereocenters. The number of aryl methyl sites for hydroxylation is 2. The van der Waals surface area contributed by atoms with Gasteiger partial charge in [-0.3, -0.25) is 0 Å². The van der Waals surface area contributed by atoms with Crippen LogP contribution in [0.5, 0.6) is 0 Å². The van der Waals surface area contributed by atoms with Gasteiger partial charge in [-0.2, -0.15) is 10.2 Å². The van der Waals surface area contributed by atoms with Gasteiger partial charge < -0.3 is 5.73 Å². The van der Waals surface area contributed by atoms with Crippen LogP contribution in [0.1, 0.15) is 16.7 Å². The van der Waals surface area contributed by atoms with Crippen molar-refractivity contribution >= 4 is 11.4 Å². The Bertz CT molecular complexity index is 574. The van der Waals surface area contributed by atoms with Crippen molar-refractivity contribution in [3.05, 3.63) is 59.2 Å². The van der Waals surface area contributed by atoms with E-state index in [9.17, 15) is 0 Å². The minimum Gasteiger partial charge on any atom is -0.326 e. The molecule has 0 heterocycles. The van der Waals surface area contributed by atoms with Crippen molar-refractivity contribution in [1.82, 2.24) is 0 Å². The van der Waals surface area contributed by atoms with Crippen molar-refractivity contribution in [2.75, 3.05) is 0 Å². The van der Waals surface area contributed by atoms with Crippen molar-refractivity contribution in [3.63, 3.8) is 0 Å². The van der Waals surface area contributed by atoms with Crippen LogP contribution >= 0.6 is 0 Å². The summed E-state index contributed by atoms with van der Waals surface area (Å²) in [7, 11) is 0. The van der Waals surface area contributed by atoms with Crippen LogP contribution in [0.4, 0.5) is 11.4 Å². The first-order chi connectivity index (χ1) is 8.70. The number of rotatable bonds is 3. The standard InChI is InChI=1S/C15H16N3/c1-11-7-8-12(2)15(9-11)18-17-14-6-4-3-5-13(14)10-16/h3-6,8-9H,10,16H2,1-2H3. The highest BCUT2D eigenvalue weighted by Gasteiger charge is 2.00. The van der Waals surface area contributed by atoms with E-state index in [0.717, 1.165) is 28.1 Å². The number of nitrogens with zero attached hydrogens (tertiary/aromatic N) is 2. The van der Waals surface area contributed by atoms with Gasteiger partial charge in [0.25, 0.3) is 0 Å². The molecule has 0 unspecified atom stereocenters. The molecule has 0 saturated heterocycles. The molecule has 2 rings (SSSR count). The first-order valence-electron chi connectivity index (χ1n) is 5.89. The Kier molecular flexibility index (Phi) is 3.85. The lowest BCUT2D eigenvalue weighted by Crippen LogP contribution is -1.95. The van der Waals surface area contributed by atoms with E-state index in [1.54, 1.807) is 0 Å². The first kappa shape index (κ1) is 12.5. The molecular weight excluding hydrogens is 222 g/mol. The Morgan fingerprint density at radius 1 is 1.11 bits per heavy atom. The molecular formula is C15H16N3. The summed E-state index contributed by atoms with van der Waals surface area (Å²) < 4.78 is 0. The maximum atomic E-state index is 5.67. The van der Waals surface area contributed by atoms with E-state index in [1.165, 1.54) is 0 Å². The highest BCUT2D eigenvalue weighted by atomic mass is 15.1. The maximum absolute atomic E-state index is 5.67. The molecule has 0 aliphatic heterocycles. The summed E-state index contributed by atoms with van der Waals surface area (Å²) >= 11 is 0. The second-order valence-corrected chi connectivity index (χ2v) is 4.22. The summed E-state index contributed by atoms with van der Waals surface area (Å²) in [4.78, 5) is 0. The number of hydrogen-bond donors (Lipinski definition) is 1. The molecule has 3 nitrogen and oxygen atoms in total. The van der Waals surface area contributed by atoms with Crippen LogP contribution < -0.4 is 5.73 Å². The van der Waals surface area contributed by atoms with Gasteiger partial charge in [0.1, 0.15) is 0 Å². The molecule has 2 aromatic rings. The lowest BCUT2D eigenvalue weighted by molar-refractivity contribution is 1.05. The average molecular weight is 238 g/mol. The maximum Gasteiger partial charge on any atom is 0.0901 e. The van der Waals surface area contributed by atoms with Crippen LogP contribution in [0.3, 0.4) is 0 Å². The van der Waals surface area contributed by atoms with E-state index in [1.807, 2.05) is 50.2 Å². The van der Waals surface area contributed by atoms with Gasteiger partial charge in [-0.05, 0) is 54.8 Å². The molecule has 0 fully saturated rings. The second kappa shape index (κ2) is 5.56. The number of azo groups is 1. The molecule has 0 aliphatic carbocycles. The normalized spacial score (nSPS) is 11.1. The van der Waals surface area contributed by atoms with Gasteiger partial charge in [0.05, 0.1) is 11.4 Å². The van der Waals surface area contributed by atoms with Gasteiger partial charge in [0.2, 0.25) is 0 Å². The molecule has 1 radical (unpaired) electrons. The molecule has 0 saturated carbocycles. The summed E-state index contributed by atoms with van der Waals surface area (Å²) in [5, 5.41) is 8.58. The monoisotopic (exact) mass is 238 g/mol. The van der Waals surface area contributed by atoms with E-state index < -0.39 is 0 Å². The summed E-state index contributed by atoms with van der Waals surface area (Å²) in [6.45, 7) is 4.46. The third-order valence-electron chi connectivity index (χ3n) is 2.75. The van der Waals surface area contributed by atoms with Crippen LogP contribution in [0.25, 0.3) is 0 Å². The minimum atomic E-state index is 0.468. The molecule has 2 N–H and O–H groups in total. The Hall–Kier alpha value is -2.00. The molecule has 18 heavy (non-hydrogen) atoms. The quantitative estimate of drug-likeness (QED) is 0.808. The molecule has 0 bridgehead atoms. The molecule has 0 amide bonds. The fourth-order valence-corrected chi connectivity index (χ4v) is 1.65. The van der Waals surface area contributed by atoms with Crippen LogP contribution in [-0.4, -0.2) is 0 Å². The number of benzene rings is 2. The lowest BCUT2D eigenvalue weighted by Gasteiger charge is -2.02. The smallest absolute Gasteiger partial charge is 0.0901 e. The molecule has 0 aromatic heterocycles. The fraction of sp³-hybridized carbons (Fsp3) is 0.200. The molecule has 91 valence electrons. The van der Waals surface area contributed by atoms with Crippen LogP contribution in [0, 0.1) is 19.9 Å². The summed E-state index contributed by atoms with van der Waals surface area (Å²) in [5.74, 6) is 0. The van der Waals surface area contributed by atoms with E-state index >= 15 is 0 Å². The summed E-state index contributed by atoms with van der Waals surface area (Å²) in [5.41, 5.74) is 10.5. The van der Waals surface area contributed by atoms with E-state index in [-0.39, 0.29) is 0 Å². The predicted molar refractivity (Wildman–Crippen MR) is 73.3 cm³/mol. The van der Waals surface area contributed by atoms with Gasteiger partial charge in [0.15, 0.2) is 0 Å². The molecule has 0 aliphatic rings. The van der Waals surface area contributed by atoms with E-state index in [2.05, 4.69) is 16.3 Å². The highest BCUT2D eigenvalue weighted by Crippen LogP contribution is 2.24. The van der Waals surface area contributed by atoms with E-state index in [4.69, 9.17) is 5.73 Å². The van der Waals surface area contributed by atoms with Gasteiger partial charge in [0, 0.05) is 6.54 Å². The number of nitrogens with two attached hydrogens (primary N) is 1. The predicted octanol–water partition coefficient (Wildman–Crippen LogP) is 3.98. The molecule has 0 spiro atoms.